The highest BCUT2D eigenvalue weighted by Gasteiger charge is 2.20. The number of carbonyl (C=O) groups is 2. The molecule has 96 valence electrons. The summed E-state index contributed by atoms with van der Waals surface area (Å²) in [5, 5.41) is 11.3. The Balaban J connectivity index is 2.58. The fraction of sp³-hybridized carbons (Fsp3) is 0.250. The summed E-state index contributed by atoms with van der Waals surface area (Å²) in [5.74, 6) is -1.12. The van der Waals surface area contributed by atoms with Crippen LogP contribution in [0.25, 0.3) is 0 Å². The van der Waals surface area contributed by atoms with Gasteiger partial charge in [0.15, 0.2) is 0 Å². The smallest absolute Gasteiger partial charge is 0.408 e. The Hall–Kier alpha value is -2.37. The molecule has 0 unspecified atom stereocenters. The number of nitrogens with zero attached hydrogens (tertiary/aromatic N) is 1. The lowest BCUT2D eigenvalue weighted by Crippen LogP contribution is -2.42. The van der Waals surface area contributed by atoms with Crippen molar-refractivity contribution >= 4 is 12.1 Å². The van der Waals surface area contributed by atoms with Crippen molar-refractivity contribution in [2.24, 2.45) is 0 Å². The fourth-order valence-electron chi connectivity index (χ4n) is 1.27. The SMILES string of the molecule is C=CCOC(=O)N[C@@H](Cc1ccncc1)C(=O)O. The predicted octanol–water partition coefficient (Wildman–Crippen LogP) is 0.990. The second kappa shape index (κ2) is 7.05. The van der Waals surface area contributed by atoms with Crippen LogP contribution in [-0.2, 0) is 16.0 Å². The molecule has 1 heterocycles. The summed E-state index contributed by atoms with van der Waals surface area (Å²) in [5.41, 5.74) is 0.765. The molecular formula is C12H14N2O4. The number of aliphatic carboxylic acids is 1. The molecule has 0 aliphatic rings. The highest BCUT2D eigenvalue weighted by atomic mass is 16.5. The summed E-state index contributed by atoms with van der Waals surface area (Å²) in [4.78, 5) is 26.1. The predicted molar refractivity (Wildman–Crippen MR) is 64.0 cm³/mol. The number of hydrogen-bond acceptors (Lipinski definition) is 4. The molecule has 0 aromatic carbocycles. The molecule has 6 nitrogen and oxygen atoms in total. The van der Waals surface area contributed by atoms with Gasteiger partial charge >= 0.3 is 12.1 Å². The van der Waals surface area contributed by atoms with Crippen LogP contribution >= 0.6 is 0 Å². The normalized spacial score (nSPS) is 11.3. The minimum Gasteiger partial charge on any atom is -0.480 e. The molecule has 18 heavy (non-hydrogen) atoms. The van der Waals surface area contributed by atoms with Crippen molar-refractivity contribution in [2.45, 2.75) is 12.5 Å². The number of nitrogens with one attached hydrogen (secondary N) is 1. The molecule has 2 N–H and O–H groups in total. The first-order valence-electron chi connectivity index (χ1n) is 5.29. The summed E-state index contributed by atoms with van der Waals surface area (Å²) in [6.45, 7) is 3.42. The highest BCUT2D eigenvalue weighted by Crippen LogP contribution is 2.02. The van der Waals surface area contributed by atoms with Crippen LogP contribution in [0.15, 0.2) is 37.2 Å². The molecule has 0 fully saturated rings. The molecule has 0 aliphatic carbocycles. The monoisotopic (exact) mass is 250 g/mol. The first kappa shape index (κ1) is 13.7. The molecule has 0 aliphatic heterocycles. The molecule has 0 radical (unpaired) electrons. The molecule has 0 saturated carbocycles. The average molecular weight is 250 g/mol. The minimum atomic E-state index is -1.12. The van der Waals surface area contributed by atoms with Crippen LogP contribution in [0.3, 0.4) is 0 Å². The summed E-state index contributed by atoms with van der Waals surface area (Å²) < 4.78 is 4.67. The van der Waals surface area contributed by atoms with Crippen LogP contribution in [0.5, 0.6) is 0 Å². The standard InChI is InChI=1S/C12H14N2O4/c1-2-7-18-12(17)14-10(11(15)16)8-9-3-5-13-6-4-9/h2-6,10H,1,7-8H2,(H,14,17)(H,15,16)/t10-/m0/s1. The van der Waals surface area contributed by atoms with Crippen LogP contribution in [0.2, 0.25) is 0 Å². The van der Waals surface area contributed by atoms with E-state index in [2.05, 4.69) is 21.6 Å². The van der Waals surface area contributed by atoms with E-state index >= 15 is 0 Å². The number of ether oxygens (including phenoxy) is 1. The molecular weight excluding hydrogens is 236 g/mol. The molecule has 1 atom stereocenters. The lowest BCUT2D eigenvalue weighted by molar-refractivity contribution is -0.139. The number of rotatable bonds is 6. The Morgan fingerprint density at radius 1 is 1.50 bits per heavy atom. The van der Waals surface area contributed by atoms with E-state index < -0.39 is 18.1 Å². The third kappa shape index (κ3) is 4.65. The maximum absolute atomic E-state index is 11.3. The van der Waals surface area contributed by atoms with Gasteiger partial charge in [0.05, 0.1) is 0 Å². The lowest BCUT2D eigenvalue weighted by atomic mass is 10.1. The van der Waals surface area contributed by atoms with Gasteiger partial charge in [-0.1, -0.05) is 12.7 Å². The maximum Gasteiger partial charge on any atom is 0.408 e. The van der Waals surface area contributed by atoms with E-state index in [1.807, 2.05) is 0 Å². The molecule has 1 amide bonds. The number of carboxylic acids is 1. The van der Waals surface area contributed by atoms with Crippen LogP contribution < -0.4 is 5.32 Å². The van der Waals surface area contributed by atoms with E-state index in [-0.39, 0.29) is 13.0 Å². The van der Waals surface area contributed by atoms with Crippen LogP contribution in [0.1, 0.15) is 5.56 Å². The van der Waals surface area contributed by atoms with Crippen molar-refractivity contribution in [2.75, 3.05) is 6.61 Å². The Labute approximate surface area is 104 Å². The molecule has 0 bridgehead atoms. The van der Waals surface area contributed by atoms with Gasteiger partial charge in [-0.3, -0.25) is 4.98 Å². The van der Waals surface area contributed by atoms with Gasteiger partial charge in [0.1, 0.15) is 12.6 Å². The zero-order valence-corrected chi connectivity index (χ0v) is 9.70. The van der Waals surface area contributed by atoms with Gasteiger partial charge in [-0.25, -0.2) is 9.59 Å². The van der Waals surface area contributed by atoms with Crippen LogP contribution in [0.4, 0.5) is 4.79 Å². The molecule has 0 saturated heterocycles. The second-order valence-electron chi connectivity index (χ2n) is 3.48. The number of pyridine rings is 1. The summed E-state index contributed by atoms with van der Waals surface area (Å²) in [6, 6.07) is 2.34. The Morgan fingerprint density at radius 2 is 2.17 bits per heavy atom. The van der Waals surface area contributed by atoms with Crippen molar-refractivity contribution in [3.63, 3.8) is 0 Å². The Kier molecular flexibility index (Phi) is 5.37. The van der Waals surface area contributed by atoms with Gasteiger partial charge < -0.3 is 15.2 Å². The first-order valence-corrected chi connectivity index (χ1v) is 5.29. The van der Waals surface area contributed by atoms with Crippen LogP contribution in [-0.4, -0.2) is 34.8 Å². The van der Waals surface area contributed by atoms with Crippen molar-refractivity contribution in [3.8, 4) is 0 Å². The number of aromatic nitrogens is 1. The third-order valence-corrected chi connectivity index (χ3v) is 2.11. The molecule has 1 rings (SSSR count). The second-order valence-corrected chi connectivity index (χ2v) is 3.48. The number of carbonyl (C=O) groups excluding carboxylic acids is 1. The average Bonchev–Trinajstić information content (AvgIpc) is 2.36. The van der Waals surface area contributed by atoms with Crippen molar-refractivity contribution < 1.29 is 19.4 Å². The number of hydrogen-bond donors (Lipinski definition) is 2. The number of carboxylic acid groups (broad SMARTS) is 1. The fourth-order valence-corrected chi connectivity index (χ4v) is 1.27. The largest absolute Gasteiger partial charge is 0.480 e. The molecule has 1 aromatic rings. The van der Waals surface area contributed by atoms with Gasteiger partial charge in [-0.05, 0) is 17.7 Å². The van der Waals surface area contributed by atoms with Crippen molar-refractivity contribution in [3.05, 3.63) is 42.7 Å². The Morgan fingerprint density at radius 3 is 2.72 bits per heavy atom. The van der Waals surface area contributed by atoms with E-state index in [0.29, 0.717) is 0 Å². The van der Waals surface area contributed by atoms with Gasteiger partial charge in [-0.2, -0.15) is 0 Å². The zero-order valence-electron chi connectivity index (χ0n) is 9.70. The van der Waals surface area contributed by atoms with E-state index in [0.717, 1.165) is 5.56 Å². The molecule has 6 heteroatoms. The van der Waals surface area contributed by atoms with Gasteiger partial charge in [0, 0.05) is 18.8 Å². The molecule has 0 spiro atoms. The lowest BCUT2D eigenvalue weighted by Gasteiger charge is -2.14. The number of alkyl carbamates (subject to hydrolysis) is 1. The van der Waals surface area contributed by atoms with Crippen molar-refractivity contribution in [1.82, 2.24) is 10.3 Å². The topological polar surface area (TPSA) is 88.5 Å². The van der Waals surface area contributed by atoms with E-state index in [4.69, 9.17) is 5.11 Å². The van der Waals surface area contributed by atoms with E-state index in [9.17, 15) is 9.59 Å². The van der Waals surface area contributed by atoms with Crippen molar-refractivity contribution in [1.29, 1.82) is 0 Å². The van der Waals surface area contributed by atoms with Crippen LogP contribution in [0, 0.1) is 0 Å². The van der Waals surface area contributed by atoms with Gasteiger partial charge in [-0.15, -0.1) is 0 Å². The quantitative estimate of drug-likeness (QED) is 0.735. The number of amides is 1. The molecule has 1 aromatic heterocycles. The summed E-state index contributed by atoms with van der Waals surface area (Å²) >= 11 is 0. The minimum absolute atomic E-state index is 0.0351. The van der Waals surface area contributed by atoms with Gasteiger partial charge in [0.25, 0.3) is 0 Å². The summed E-state index contributed by atoms with van der Waals surface area (Å²) in [7, 11) is 0. The van der Waals surface area contributed by atoms with E-state index in [1.54, 1.807) is 24.5 Å². The summed E-state index contributed by atoms with van der Waals surface area (Å²) in [6.07, 6.45) is 3.91. The maximum atomic E-state index is 11.3. The third-order valence-electron chi connectivity index (χ3n) is 2.11. The van der Waals surface area contributed by atoms with E-state index in [1.165, 1.54) is 6.08 Å². The first-order chi connectivity index (χ1) is 8.63. The zero-order chi connectivity index (χ0) is 13.4. The Bertz CT molecular complexity index is 419. The highest BCUT2D eigenvalue weighted by molar-refractivity contribution is 5.80. The van der Waals surface area contributed by atoms with Gasteiger partial charge in [0.2, 0.25) is 0 Å².